The molecule has 0 N–H and O–H groups in total. The van der Waals surface area contributed by atoms with Gasteiger partial charge in [0, 0.05) is 26.2 Å². The van der Waals surface area contributed by atoms with Crippen molar-refractivity contribution in [3.8, 4) is 5.75 Å². The molecule has 2 aromatic rings. The lowest BCUT2D eigenvalue weighted by atomic mass is 10.1. The average molecular weight is 515 g/mol. The van der Waals surface area contributed by atoms with Crippen LogP contribution < -0.4 is 9.64 Å². The highest BCUT2D eigenvalue weighted by Gasteiger charge is 2.38. The van der Waals surface area contributed by atoms with Crippen LogP contribution in [0.2, 0.25) is 0 Å². The van der Waals surface area contributed by atoms with Gasteiger partial charge in [0.05, 0.1) is 33.1 Å². The quantitative estimate of drug-likeness (QED) is 0.530. The summed E-state index contributed by atoms with van der Waals surface area (Å²) in [6, 6.07) is 6.70. The molecule has 1 heterocycles. The maximum Gasteiger partial charge on any atom is 0.416 e. The third kappa shape index (κ3) is 5.39. The highest BCUT2D eigenvalue weighted by molar-refractivity contribution is 7.92. The van der Waals surface area contributed by atoms with Crippen LogP contribution in [-0.4, -0.2) is 56.8 Å². The fourth-order valence-corrected chi connectivity index (χ4v) is 5.72. The van der Waals surface area contributed by atoms with Gasteiger partial charge in [0.2, 0.25) is 0 Å². The first-order chi connectivity index (χ1) is 16.4. The Labute approximate surface area is 201 Å². The van der Waals surface area contributed by atoms with Gasteiger partial charge >= 0.3 is 6.18 Å². The van der Waals surface area contributed by atoms with Gasteiger partial charge in [-0.2, -0.15) is 13.2 Å². The summed E-state index contributed by atoms with van der Waals surface area (Å²) in [7, 11) is -3.52. The number of amides is 1. The third-order valence-electron chi connectivity index (χ3n) is 6.02. The molecule has 0 spiro atoms. The topological polar surface area (TPSA) is 66.9 Å². The fraction of sp³-hybridized carbons (Fsp3) is 0.458. The number of hydrogen-bond donors (Lipinski definition) is 0. The second-order valence-electron chi connectivity index (χ2n) is 9.01. The van der Waals surface area contributed by atoms with E-state index in [-0.39, 0.29) is 54.2 Å². The van der Waals surface area contributed by atoms with E-state index < -0.39 is 38.6 Å². The largest absolute Gasteiger partial charge is 0.490 e. The van der Waals surface area contributed by atoms with E-state index in [0.717, 1.165) is 12.1 Å². The van der Waals surface area contributed by atoms with Crippen molar-refractivity contribution in [1.82, 2.24) is 4.90 Å². The molecule has 0 bridgehead atoms. The van der Waals surface area contributed by atoms with Gasteiger partial charge in [-0.1, -0.05) is 0 Å². The van der Waals surface area contributed by atoms with Crippen molar-refractivity contribution in [3.05, 3.63) is 53.3 Å². The Morgan fingerprint density at radius 2 is 1.69 bits per heavy atom. The molecule has 190 valence electrons. The first kappa shape index (κ1) is 25.3. The standard InChI is InChI=1S/C24H26F4N2O4S/c1-15(2)34-22-8-6-18(35(32,33)17-4-5-17)14-19(22)23(31)30-11-9-29(10-12-30)21-7-3-16(13-20(21)25)24(26,27)28/h3,6-8,13-15,17H,4-5,9-12H2,1-2H3. The Kier molecular flexibility index (Phi) is 6.74. The lowest BCUT2D eigenvalue weighted by molar-refractivity contribution is -0.137. The lowest BCUT2D eigenvalue weighted by Crippen LogP contribution is -2.49. The Hall–Kier alpha value is -2.82. The molecule has 6 nitrogen and oxygen atoms in total. The van der Waals surface area contributed by atoms with Gasteiger partial charge in [0.15, 0.2) is 9.84 Å². The van der Waals surface area contributed by atoms with Gasteiger partial charge in [-0.15, -0.1) is 0 Å². The fourth-order valence-electron chi connectivity index (χ4n) is 4.04. The number of sulfone groups is 1. The van der Waals surface area contributed by atoms with Gasteiger partial charge in [-0.05, 0) is 63.1 Å². The van der Waals surface area contributed by atoms with Crippen molar-refractivity contribution in [1.29, 1.82) is 0 Å². The number of rotatable bonds is 6. The van der Waals surface area contributed by atoms with Crippen LogP contribution in [0.25, 0.3) is 0 Å². The minimum absolute atomic E-state index is 0.0338. The summed E-state index contributed by atoms with van der Waals surface area (Å²) in [5, 5.41) is -0.426. The second kappa shape index (κ2) is 9.33. The molecule has 11 heteroatoms. The van der Waals surface area contributed by atoms with E-state index >= 15 is 0 Å². The Balaban J connectivity index is 1.53. The lowest BCUT2D eigenvalue weighted by Gasteiger charge is -2.36. The molecule has 1 amide bonds. The molecule has 2 aliphatic rings. The number of alkyl halides is 3. The number of ether oxygens (including phenoxy) is 1. The van der Waals surface area contributed by atoms with Crippen molar-refractivity contribution >= 4 is 21.4 Å². The molecule has 0 aromatic heterocycles. The summed E-state index contributed by atoms with van der Waals surface area (Å²) in [6.45, 7) is 4.35. The second-order valence-corrected chi connectivity index (χ2v) is 11.2. The van der Waals surface area contributed by atoms with Gasteiger partial charge < -0.3 is 14.5 Å². The molecular formula is C24H26F4N2O4S. The highest BCUT2D eigenvalue weighted by atomic mass is 32.2. The molecular weight excluding hydrogens is 488 g/mol. The molecule has 1 saturated carbocycles. The van der Waals surface area contributed by atoms with Crippen molar-refractivity contribution in [3.63, 3.8) is 0 Å². The zero-order chi connectivity index (χ0) is 25.5. The van der Waals surface area contributed by atoms with Crippen molar-refractivity contribution in [2.45, 2.75) is 49.1 Å². The minimum Gasteiger partial charge on any atom is -0.490 e. The van der Waals surface area contributed by atoms with E-state index in [0.29, 0.717) is 18.9 Å². The van der Waals surface area contributed by atoms with Crippen molar-refractivity contribution in [2.24, 2.45) is 0 Å². The minimum atomic E-state index is -4.64. The molecule has 4 rings (SSSR count). The van der Waals surface area contributed by atoms with Gasteiger partial charge in [0.1, 0.15) is 11.6 Å². The molecule has 0 radical (unpaired) electrons. The van der Waals surface area contributed by atoms with Crippen LogP contribution in [0, 0.1) is 5.82 Å². The summed E-state index contributed by atoms with van der Waals surface area (Å²) >= 11 is 0. The molecule has 0 atom stereocenters. The third-order valence-corrected chi connectivity index (χ3v) is 8.28. The number of benzene rings is 2. The number of halogens is 4. The zero-order valence-electron chi connectivity index (χ0n) is 19.3. The van der Waals surface area contributed by atoms with Crippen molar-refractivity contribution < 1.29 is 35.5 Å². The van der Waals surface area contributed by atoms with Gasteiger partial charge in [-0.25, -0.2) is 12.8 Å². The number of nitrogens with zero attached hydrogens (tertiary/aromatic N) is 2. The van der Waals surface area contributed by atoms with Gasteiger partial charge in [-0.3, -0.25) is 4.79 Å². The maximum atomic E-state index is 14.4. The monoisotopic (exact) mass is 514 g/mol. The zero-order valence-corrected chi connectivity index (χ0v) is 20.1. The predicted molar refractivity (Wildman–Crippen MR) is 122 cm³/mol. The van der Waals surface area contributed by atoms with E-state index in [1.807, 2.05) is 0 Å². The van der Waals surface area contributed by atoms with Crippen LogP contribution in [0.1, 0.15) is 42.6 Å². The number of hydrogen-bond acceptors (Lipinski definition) is 5. The molecule has 1 saturated heterocycles. The summed E-state index contributed by atoms with van der Waals surface area (Å²) < 4.78 is 84.1. The van der Waals surface area contributed by atoms with Crippen LogP contribution in [-0.2, 0) is 16.0 Å². The number of carbonyl (C=O) groups excluding carboxylic acids is 1. The Morgan fingerprint density at radius 3 is 2.23 bits per heavy atom. The molecule has 1 aliphatic heterocycles. The number of piperazine rings is 1. The SMILES string of the molecule is CC(C)Oc1ccc(S(=O)(=O)C2CC2)cc1C(=O)N1CCN(c2ccc(C(F)(F)F)cc2F)CC1. The molecule has 0 unspecified atom stereocenters. The van der Waals surface area contributed by atoms with Crippen LogP contribution >= 0.6 is 0 Å². The van der Waals surface area contributed by atoms with Crippen LogP contribution in [0.15, 0.2) is 41.3 Å². The van der Waals surface area contributed by atoms with E-state index in [4.69, 9.17) is 4.74 Å². The molecule has 35 heavy (non-hydrogen) atoms. The summed E-state index contributed by atoms with van der Waals surface area (Å²) in [5.41, 5.74) is -0.896. The molecule has 1 aliphatic carbocycles. The average Bonchev–Trinajstić information content (AvgIpc) is 3.64. The van der Waals surface area contributed by atoms with E-state index in [1.54, 1.807) is 18.7 Å². The Bertz CT molecular complexity index is 1220. The summed E-state index contributed by atoms with van der Waals surface area (Å²) in [5.74, 6) is -1.12. The number of carbonyl (C=O) groups is 1. The van der Waals surface area contributed by atoms with Crippen molar-refractivity contribution in [2.75, 3.05) is 31.1 Å². The maximum absolute atomic E-state index is 14.4. The van der Waals surface area contributed by atoms with E-state index in [1.165, 1.54) is 23.1 Å². The first-order valence-corrected chi connectivity index (χ1v) is 12.9. The van der Waals surface area contributed by atoms with Crippen LogP contribution in [0.5, 0.6) is 5.75 Å². The molecule has 2 fully saturated rings. The van der Waals surface area contributed by atoms with Gasteiger partial charge in [0.25, 0.3) is 5.91 Å². The van der Waals surface area contributed by atoms with Crippen LogP contribution in [0.4, 0.5) is 23.2 Å². The predicted octanol–water partition coefficient (Wildman–Crippen LogP) is 4.53. The van der Waals surface area contributed by atoms with E-state index in [2.05, 4.69) is 0 Å². The Morgan fingerprint density at radius 1 is 1.03 bits per heavy atom. The highest BCUT2D eigenvalue weighted by Crippen LogP contribution is 2.36. The normalized spacial score (nSPS) is 17.1. The van der Waals surface area contributed by atoms with Crippen LogP contribution in [0.3, 0.4) is 0 Å². The molecule has 2 aromatic carbocycles. The smallest absolute Gasteiger partial charge is 0.416 e. The number of anilines is 1. The summed E-state index contributed by atoms with van der Waals surface area (Å²) in [6.07, 6.45) is -3.69. The first-order valence-electron chi connectivity index (χ1n) is 11.3. The summed E-state index contributed by atoms with van der Waals surface area (Å²) in [4.78, 5) is 16.5. The van der Waals surface area contributed by atoms with E-state index in [9.17, 15) is 30.8 Å².